The highest BCUT2D eigenvalue weighted by Crippen LogP contribution is 2.43. The van der Waals surface area contributed by atoms with Crippen molar-refractivity contribution in [1.29, 1.82) is 0 Å². The van der Waals surface area contributed by atoms with E-state index in [9.17, 15) is 4.79 Å². The zero-order valence-corrected chi connectivity index (χ0v) is 20.6. The van der Waals surface area contributed by atoms with Gasteiger partial charge in [0.25, 0.3) is 0 Å². The van der Waals surface area contributed by atoms with Crippen LogP contribution in [0.1, 0.15) is 44.7 Å². The third-order valence-electron chi connectivity index (χ3n) is 5.36. The van der Waals surface area contributed by atoms with Gasteiger partial charge in [0, 0.05) is 27.2 Å². The van der Waals surface area contributed by atoms with Crippen LogP contribution in [0.15, 0.2) is 51.8 Å². The number of benzene rings is 2. The number of carbonyl (C=O) groups is 1. The molecule has 31 heavy (non-hydrogen) atoms. The van der Waals surface area contributed by atoms with Gasteiger partial charge in [-0.2, -0.15) is 0 Å². The maximum absolute atomic E-state index is 12.3. The first kappa shape index (κ1) is 22.4. The van der Waals surface area contributed by atoms with Crippen LogP contribution in [0.25, 0.3) is 5.57 Å². The molecule has 2 heterocycles. The molecule has 0 radical (unpaired) electrons. The molecule has 0 saturated carbocycles. The lowest BCUT2D eigenvalue weighted by Crippen LogP contribution is -2.25. The van der Waals surface area contributed by atoms with Crippen LogP contribution in [-0.4, -0.2) is 30.9 Å². The monoisotopic (exact) mass is 501 g/mol. The summed E-state index contributed by atoms with van der Waals surface area (Å²) in [5.41, 5.74) is 2.94. The predicted molar refractivity (Wildman–Crippen MR) is 130 cm³/mol. The Balaban J connectivity index is 1.60. The van der Waals surface area contributed by atoms with Crippen LogP contribution < -0.4 is 14.8 Å². The van der Waals surface area contributed by atoms with Crippen LogP contribution in [0.5, 0.6) is 11.5 Å². The van der Waals surface area contributed by atoms with Gasteiger partial charge in [0.15, 0.2) is 0 Å². The molecule has 0 spiro atoms. The van der Waals surface area contributed by atoms with E-state index in [0.717, 1.165) is 53.5 Å². The second-order valence-corrected chi connectivity index (χ2v) is 11.0. The van der Waals surface area contributed by atoms with Crippen molar-refractivity contribution in [3.8, 4) is 11.5 Å². The Morgan fingerprint density at radius 3 is 2.55 bits per heavy atom. The molecule has 1 atom stereocenters. The highest BCUT2D eigenvalue weighted by Gasteiger charge is 2.25. The zero-order chi connectivity index (χ0) is 22.0. The number of allylic oxidation sites excluding steroid dienone is 1. The number of esters is 1. The summed E-state index contributed by atoms with van der Waals surface area (Å²) in [7, 11) is 0. The molecule has 6 heteroatoms. The van der Waals surface area contributed by atoms with Gasteiger partial charge in [-0.15, -0.1) is 11.8 Å². The van der Waals surface area contributed by atoms with Crippen molar-refractivity contribution in [2.45, 2.75) is 44.6 Å². The van der Waals surface area contributed by atoms with Gasteiger partial charge >= 0.3 is 5.97 Å². The molecule has 1 fully saturated rings. The number of fused-ring (bicyclic) bond motifs is 1. The molecule has 4 nitrogen and oxygen atoms in total. The minimum atomic E-state index is -0.535. The molecule has 1 saturated heterocycles. The van der Waals surface area contributed by atoms with Gasteiger partial charge in [0.1, 0.15) is 17.6 Å². The van der Waals surface area contributed by atoms with Gasteiger partial charge in [0.2, 0.25) is 0 Å². The van der Waals surface area contributed by atoms with Crippen LogP contribution in [-0.2, 0) is 4.79 Å². The van der Waals surface area contributed by atoms with E-state index in [-0.39, 0.29) is 12.1 Å². The normalized spacial score (nSPS) is 19.0. The second-order valence-electron chi connectivity index (χ2n) is 8.93. The number of halogens is 1. The highest BCUT2D eigenvalue weighted by molar-refractivity contribution is 9.11. The number of carbonyl (C=O) groups excluding carboxylic acids is 1. The fourth-order valence-electron chi connectivity index (χ4n) is 3.61. The van der Waals surface area contributed by atoms with E-state index in [2.05, 4.69) is 51.6 Å². The Labute approximate surface area is 196 Å². The largest absolute Gasteiger partial charge is 0.489 e. The van der Waals surface area contributed by atoms with Crippen LogP contribution in [0.2, 0.25) is 0 Å². The van der Waals surface area contributed by atoms with Crippen molar-refractivity contribution in [1.82, 2.24) is 5.32 Å². The Morgan fingerprint density at radius 2 is 1.87 bits per heavy atom. The van der Waals surface area contributed by atoms with Crippen molar-refractivity contribution < 1.29 is 14.3 Å². The van der Waals surface area contributed by atoms with Gasteiger partial charge in [-0.1, -0.05) is 28.1 Å². The predicted octanol–water partition coefficient (Wildman–Crippen LogP) is 6.03. The molecule has 0 bridgehead atoms. The summed E-state index contributed by atoms with van der Waals surface area (Å²) in [5, 5.41) is 3.33. The van der Waals surface area contributed by atoms with Gasteiger partial charge in [0.05, 0.1) is 5.41 Å². The van der Waals surface area contributed by atoms with Crippen molar-refractivity contribution in [2.24, 2.45) is 5.41 Å². The summed E-state index contributed by atoms with van der Waals surface area (Å²) in [6.45, 7) is 7.52. The average molecular weight is 502 g/mol. The summed E-state index contributed by atoms with van der Waals surface area (Å²) in [4.78, 5) is 13.4. The van der Waals surface area contributed by atoms with E-state index in [1.54, 1.807) is 11.8 Å². The summed E-state index contributed by atoms with van der Waals surface area (Å²) >= 11 is 5.62. The third-order valence-corrected chi connectivity index (χ3v) is 7.21. The molecule has 2 aromatic carbocycles. The standard InChI is InChI=1S/C25H28BrNO3S/c1-25(2,3)24(28)30-18-8-9-20-22(14-18)31-13-11-21(26)23(20)16-4-6-17(7-5-16)29-19-10-12-27-15-19/h4-9,14,19,27H,10-13,15H2,1-3H3. The molecule has 164 valence electrons. The molecule has 0 aromatic heterocycles. The number of hydrogen-bond donors (Lipinski definition) is 1. The summed E-state index contributed by atoms with van der Waals surface area (Å²) < 4.78 is 12.9. The Kier molecular flexibility index (Phi) is 6.80. The van der Waals surface area contributed by atoms with Gasteiger partial charge < -0.3 is 14.8 Å². The van der Waals surface area contributed by atoms with Crippen molar-refractivity contribution in [2.75, 3.05) is 18.8 Å². The second kappa shape index (κ2) is 9.39. The molecule has 4 rings (SSSR count). The lowest BCUT2D eigenvalue weighted by atomic mass is 9.96. The number of rotatable bonds is 4. The third kappa shape index (κ3) is 5.36. The highest BCUT2D eigenvalue weighted by atomic mass is 79.9. The fourth-order valence-corrected chi connectivity index (χ4v) is 5.56. The van der Waals surface area contributed by atoms with E-state index in [4.69, 9.17) is 9.47 Å². The number of thioether (sulfide) groups is 1. The summed E-state index contributed by atoms with van der Waals surface area (Å²) in [5.74, 6) is 2.24. The molecule has 0 aliphatic carbocycles. The van der Waals surface area contributed by atoms with E-state index < -0.39 is 5.41 Å². The van der Waals surface area contributed by atoms with Gasteiger partial charge in [-0.25, -0.2) is 0 Å². The quantitative estimate of drug-likeness (QED) is 0.409. The van der Waals surface area contributed by atoms with Crippen molar-refractivity contribution in [3.05, 3.63) is 58.1 Å². The zero-order valence-electron chi connectivity index (χ0n) is 18.2. The maximum atomic E-state index is 12.3. The Bertz CT molecular complexity index is 989. The Hall–Kier alpha value is -1.76. The molecular formula is C25H28BrNO3S. The van der Waals surface area contributed by atoms with Crippen molar-refractivity contribution >= 4 is 39.2 Å². The summed E-state index contributed by atoms with van der Waals surface area (Å²) in [6.07, 6.45) is 2.24. The fraction of sp³-hybridized carbons (Fsp3) is 0.400. The van der Waals surface area contributed by atoms with Crippen LogP contribution >= 0.6 is 27.7 Å². The molecular weight excluding hydrogens is 474 g/mol. The van der Waals surface area contributed by atoms with Gasteiger partial charge in [-0.3, -0.25) is 4.79 Å². The van der Waals surface area contributed by atoms with Crippen molar-refractivity contribution in [3.63, 3.8) is 0 Å². The van der Waals surface area contributed by atoms with E-state index in [0.29, 0.717) is 5.75 Å². The number of hydrogen-bond acceptors (Lipinski definition) is 5. The molecule has 1 unspecified atom stereocenters. The molecule has 1 N–H and O–H groups in total. The van der Waals surface area contributed by atoms with Crippen LogP contribution in [0.3, 0.4) is 0 Å². The minimum absolute atomic E-state index is 0.226. The van der Waals surface area contributed by atoms with Gasteiger partial charge in [-0.05, 0) is 81.6 Å². The topological polar surface area (TPSA) is 47.6 Å². The minimum Gasteiger partial charge on any atom is -0.489 e. The first-order chi connectivity index (χ1) is 14.8. The first-order valence-electron chi connectivity index (χ1n) is 10.7. The SMILES string of the molecule is CC(C)(C)C(=O)Oc1ccc2c(c1)SCCC(Br)=C2c1ccc(OC2CCNC2)cc1. The molecule has 2 aromatic rings. The van der Waals surface area contributed by atoms with E-state index in [1.807, 2.05) is 32.9 Å². The summed E-state index contributed by atoms with van der Waals surface area (Å²) in [6, 6.07) is 14.3. The molecule has 0 amide bonds. The van der Waals surface area contributed by atoms with E-state index >= 15 is 0 Å². The van der Waals surface area contributed by atoms with Crippen LogP contribution in [0, 0.1) is 5.41 Å². The lowest BCUT2D eigenvalue weighted by Gasteiger charge is -2.18. The number of nitrogens with one attached hydrogen (secondary N) is 1. The first-order valence-corrected chi connectivity index (χ1v) is 12.4. The number of ether oxygens (including phenoxy) is 2. The molecule has 2 aliphatic rings. The van der Waals surface area contributed by atoms with E-state index in [1.165, 1.54) is 10.1 Å². The van der Waals surface area contributed by atoms with Crippen LogP contribution in [0.4, 0.5) is 0 Å². The smallest absolute Gasteiger partial charge is 0.316 e. The maximum Gasteiger partial charge on any atom is 0.316 e. The molecule has 2 aliphatic heterocycles. The average Bonchev–Trinajstić information content (AvgIpc) is 3.17. The Morgan fingerprint density at radius 1 is 1.13 bits per heavy atom. The lowest BCUT2D eigenvalue weighted by molar-refractivity contribution is -0.143.